The summed E-state index contributed by atoms with van der Waals surface area (Å²) in [6.45, 7) is 10.9. The average molecular weight is 363 g/mol. The Morgan fingerprint density at radius 1 is 1.15 bits per heavy atom. The van der Waals surface area contributed by atoms with E-state index >= 15 is 0 Å². The van der Waals surface area contributed by atoms with Gasteiger partial charge in [0.1, 0.15) is 17.1 Å². The lowest BCUT2D eigenvalue weighted by atomic mass is 10.1. The summed E-state index contributed by atoms with van der Waals surface area (Å²) in [5, 5.41) is 6.29. The van der Waals surface area contributed by atoms with Crippen molar-refractivity contribution >= 4 is 22.9 Å². The summed E-state index contributed by atoms with van der Waals surface area (Å²) in [5.74, 6) is -0.692. The maximum Gasteiger partial charge on any atom is 0.407 e. The van der Waals surface area contributed by atoms with Gasteiger partial charge in [-0.25, -0.2) is 9.18 Å². The molecule has 1 heterocycles. The molecule has 1 aromatic heterocycles. The van der Waals surface area contributed by atoms with Crippen LogP contribution in [0, 0.1) is 12.7 Å². The lowest BCUT2D eigenvalue weighted by Gasteiger charge is -2.27. The van der Waals surface area contributed by atoms with E-state index in [2.05, 4.69) is 15.6 Å². The molecule has 0 spiro atoms. The lowest BCUT2D eigenvalue weighted by molar-refractivity contribution is 0.0509. The van der Waals surface area contributed by atoms with Gasteiger partial charge in [0.2, 0.25) is 0 Å². The third kappa shape index (κ3) is 5.21. The van der Waals surface area contributed by atoms with Crippen molar-refractivity contribution in [2.24, 2.45) is 0 Å². The molecule has 0 aliphatic heterocycles. The number of ether oxygens (including phenoxy) is 1. The number of hydrogen-bond donors (Lipinski definition) is 3. The van der Waals surface area contributed by atoms with Crippen molar-refractivity contribution in [1.82, 2.24) is 15.6 Å². The maximum absolute atomic E-state index is 13.5. The maximum atomic E-state index is 13.5. The fourth-order valence-electron chi connectivity index (χ4n) is 2.52. The molecule has 0 aliphatic carbocycles. The topological polar surface area (TPSA) is 83.2 Å². The summed E-state index contributed by atoms with van der Waals surface area (Å²) in [6, 6.07) is 4.47. The number of halogens is 1. The zero-order valence-corrected chi connectivity index (χ0v) is 16.0. The number of carbonyl (C=O) groups excluding carboxylic acids is 2. The zero-order valence-electron chi connectivity index (χ0n) is 16.0. The highest BCUT2D eigenvalue weighted by atomic mass is 19.1. The molecule has 0 atom stereocenters. The summed E-state index contributed by atoms with van der Waals surface area (Å²) < 4.78 is 18.7. The Balaban J connectivity index is 2.04. The van der Waals surface area contributed by atoms with E-state index in [1.165, 1.54) is 12.1 Å². The quantitative estimate of drug-likeness (QED) is 0.775. The van der Waals surface area contributed by atoms with Crippen LogP contribution in [0.2, 0.25) is 0 Å². The predicted octanol–water partition coefficient (Wildman–Crippen LogP) is 3.65. The number of fused-ring (bicyclic) bond motifs is 1. The van der Waals surface area contributed by atoms with E-state index in [1.807, 2.05) is 0 Å². The van der Waals surface area contributed by atoms with Gasteiger partial charge in [-0.3, -0.25) is 4.79 Å². The van der Waals surface area contributed by atoms with Crippen LogP contribution in [-0.2, 0) is 4.74 Å². The molecule has 26 heavy (non-hydrogen) atoms. The zero-order chi connectivity index (χ0) is 19.7. The summed E-state index contributed by atoms with van der Waals surface area (Å²) in [6.07, 6.45) is -0.545. The fraction of sp³-hybridized carbons (Fsp3) is 0.474. The van der Waals surface area contributed by atoms with E-state index in [-0.39, 0.29) is 18.3 Å². The largest absolute Gasteiger partial charge is 0.444 e. The minimum atomic E-state index is -0.703. The van der Waals surface area contributed by atoms with Crippen LogP contribution < -0.4 is 10.6 Å². The van der Waals surface area contributed by atoms with Crippen LogP contribution in [0.1, 0.15) is 50.7 Å². The molecule has 0 bridgehead atoms. The predicted molar refractivity (Wildman–Crippen MR) is 98.8 cm³/mol. The van der Waals surface area contributed by atoms with Crippen LogP contribution in [0.3, 0.4) is 0 Å². The van der Waals surface area contributed by atoms with E-state index < -0.39 is 17.2 Å². The summed E-state index contributed by atoms with van der Waals surface area (Å²) in [5.41, 5.74) is 0.359. The van der Waals surface area contributed by atoms with Crippen molar-refractivity contribution in [2.75, 3.05) is 6.54 Å². The van der Waals surface area contributed by atoms with E-state index in [0.29, 0.717) is 11.2 Å². The molecule has 0 unspecified atom stereocenters. The van der Waals surface area contributed by atoms with Crippen molar-refractivity contribution < 1.29 is 18.7 Å². The molecule has 0 saturated carbocycles. The monoisotopic (exact) mass is 363 g/mol. The third-order valence-electron chi connectivity index (χ3n) is 3.68. The third-order valence-corrected chi connectivity index (χ3v) is 3.68. The van der Waals surface area contributed by atoms with Crippen LogP contribution >= 0.6 is 0 Å². The lowest BCUT2D eigenvalue weighted by Crippen LogP contribution is -2.52. The van der Waals surface area contributed by atoms with E-state index in [0.717, 1.165) is 10.9 Å². The van der Waals surface area contributed by atoms with Crippen LogP contribution in [0.25, 0.3) is 10.9 Å². The number of H-pyrrole nitrogens is 1. The van der Waals surface area contributed by atoms with Gasteiger partial charge in [-0.05, 0) is 65.3 Å². The van der Waals surface area contributed by atoms with E-state index in [1.54, 1.807) is 47.6 Å². The van der Waals surface area contributed by atoms with Crippen molar-refractivity contribution in [3.8, 4) is 0 Å². The average Bonchev–Trinajstić information content (AvgIpc) is 2.87. The Kier molecular flexibility index (Phi) is 5.30. The molecule has 0 saturated heterocycles. The second kappa shape index (κ2) is 6.97. The second-order valence-corrected chi connectivity index (χ2v) is 8.06. The van der Waals surface area contributed by atoms with Crippen molar-refractivity contribution in [2.45, 2.75) is 52.7 Å². The number of aromatic nitrogens is 1. The minimum absolute atomic E-state index is 0.196. The Hall–Kier alpha value is -2.57. The molecular weight excluding hydrogens is 337 g/mol. The summed E-state index contributed by atoms with van der Waals surface area (Å²) in [7, 11) is 0. The van der Waals surface area contributed by atoms with Gasteiger partial charge in [-0.15, -0.1) is 0 Å². The number of nitrogens with one attached hydrogen (secondary N) is 3. The van der Waals surface area contributed by atoms with E-state index in [4.69, 9.17) is 4.74 Å². The van der Waals surface area contributed by atoms with Gasteiger partial charge < -0.3 is 20.4 Å². The van der Waals surface area contributed by atoms with Crippen LogP contribution in [0.15, 0.2) is 18.2 Å². The molecule has 2 aromatic rings. The molecule has 2 amide bonds. The van der Waals surface area contributed by atoms with Crippen molar-refractivity contribution in [1.29, 1.82) is 0 Å². The Morgan fingerprint density at radius 3 is 2.42 bits per heavy atom. The Labute approximate surface area is 152 Å². The first kappa shape index (κ1) is 19.8. The van der Waals surface area contributed by atoms with Crippen LogP contribution in [0.4, 0.5) is 9.18 Å². The summed E-state index contributed by atoms with van der Waals surface area (Å²) in [4.78, 5) is 27.2. The molecular formula is C19H26FN3O3. The molecule has 7 heteroatoms. The number of aromatic amines is 1. The fourth-order valence-corrected chi connectivity index (χ4v) is 2.52. The molecule has 0 aliphatic rings. The molecule has 6 nitrogen and oxygen atoms in total. The van der Waals surface area contributed by atoms with Gasteiger partial charge in [0, 0.05) is 17.4 Å². The molecule has 0 radical (unpaired) electrons. The Bertz CT molecular complexity index is 834. The SMILES string of the molecule is Cc1cc(F)cc2[nH]c(C(=O)NC(C)(C)CNC(=O)OC(C)(C)C)cc12. The molecule has 142 valence electrons. The van der Waals surface area contributed by atoms with Crippen molar-refractivity contribution in [3.05, 3.63) is 35.3 Å². The van der Waals surface area contributed by atoms with E-state index in [9.17, 15) is 14.0 Å². The van der Waals surface area contributed by atoms with Gasteiger partial charge in [0.25, 0.3) is 5.91 Å². The number of benzene rings is 1. The van der Waals surface area contributed by atoms with Gasteiger partial charge in [-0.1, -0.05) is 0 Å². The number of alkyl carbamates (subject to hydrolysis) is 1. The highest BCUT2D eigenvalue weighted by Crippen LogP contribution is 2.21. The van der Waals surface area contributed by atoms with Crippen LogP contribution in [-0.4, -0.2) is 34.7 Å². The molecule has 2 rings (SSSR count). The first-order valence-corrected chi connectivity index (χ1v) is 8.44. The molecule has 3 N–H and O–H groups in total. The minimum Gasteiger partial charge on any atom is -0.444 e. The molecule has 1 aromatic carbocycles. The van der Waals surface area contributed by atoms with Gasteiger partial charge in [0.15, 0.2) is 0 Å². The van der Waals surface area contributed by atoms with Gasteiger partial charge >= 0.3 is 6.09 Å². The highest BCUT2D eigenvalue weighted by molar-refractivity contribution is 5.99. The van der Waals surface area contributed by atoms with Gasteiger partial charge in [0.05, 0.1) is 5.54 Å². The molecule has 0 fully saturated rings. The highest BCUT2D eigenvalue weighted by Gasteiger charge is 2.24. The number of rotatable bonds is 4. The van der Waals surface area contributed by atoms with Crippen molar-refractivity contribution in [3.63, 3.8) is 0 Å². The summed E-state index contributed by atoms with van der Waals surface area (Å²) >= 11 is 0. The smallest absolute Gasteiger partial charge is 0.407 e. The number of hydrogen-bond acceptors (Lipinski definition) is 3. The number of carbonyl (C=O) groups is 2. The normalized spacial score (nSPS) is 12.1. The Morgan fingerprint density at radius 2 is 1.81 bits per heavy atom. The standard InChI is InChI=1S/C19H26FN3O3/c1-11-7-12(20)8-14-13(11)9-15(22-14)16(24)23-19(5,6)10-21-17(25)26-18(2,3)4/h7-9,22H,10H2,1-6H3,(H,21,25)(H,23,24). The van der Waals surface area contributed by atoms with Gasteiger partial charge in [-0.2, -0.15) is 0 Å². The number of aryl methyl sites for hydroxylation is 1. The first-order valence-electron chi connectivity index (χ1n) is 8.44. The van der Waals surface area contributed by atoms with Crippen LogP contribution in [0.5, 0.6) is 0 Å². The second-order valence-electron chi connectivity index (χ2n) is 8.06. The first-order chi connectivity index (χ1) is 11.9. The number of amides is 2.